The number of sulfonamides is 1. The summed E-state index contributed by atoms with van der Waals surface area (Å²) in [6, 6.07) is 0. The second-order valence-electron chi connectivity index (χ2n) is 3.62. The average Bonchev–Trinajstić information content (AvgIpc) is 2.69. The fraction of sp³-hybridized carbons (Fsp3) is 1.00. The molecule has 0 bridgehead atoms. The predicted octanol–water partition coefficient (Wildman–Crippen LogP) is 0.785. The molecule has 1 aliphatic heterocycles. The molecule has 1 heterocycles. The van der Waals surface area contributed by atoms with E-state index in [1.54, 1.807) is 0 Å². The van der Waals surface area contributed by atoms with Crippen LogP contribution < -0.4 is 4.72 Å². The average molecular weight is 248 g/mol. The Labute approximate surface area is 94.8 Å². The van der Waals surface area contributed by atoms with E-state index < -0.39 is 10.0 Å². The lowest BCUT2D eigenvalue weighted by Crippen LogP contribution is -2.32. The molecule has 0 spiro atoms. The second-order valence-corrected chi connectivity index (χ2v) is 5.47. The molecule has 1 saturated heterocycles. The molecule has 0 aromatic rings. The lowest BCUT2D eigenvalue weighted by Gasteiger charge is -2.10. The number of azide groups is 1. The molecule has 0 amide bonds. The van der Waals surface area contributed by atoms with Gasteiger partial charge in [-0.3, -0.25) is 0 Å². The lowest BCUT2D eigenvalue weighted by molar-refractivity contribution is 0.127. The van der Waals surface area contributed by atoms with Gasteiger partial charge in [0, 0.05) is 24.6 Å². The first-order valence-electron chi connectivity index (χ1n) is 5.24. The Hall–Kier alpha value is -0.820. The van der Waals surface area contributed by atoms with E-state index in [-0.39, 0.29) is 11.9 Å². The summed E-state index contributed by atoms with van der Waals surface area (Å²) in [7, 11) is -3.26. The molecule has 0 aromatic heterocycles. The minimum absolute atomic E-state index is 0.0223. The van der Waals surface area contributed by atoms with Gasteiger partial charge >= 0.3 is 0 Å². The molecule has 0 radical (unpaired) electrons. The van der Waals surface area contributed by atoms with E-state index in [9.17, 15) is 8.42 Å². The van der Waals surface area contributed by atoms with Gasteiger partial charge in [0.2, 0.25) is 10.0 Å². The Morgan fingerprint density at radius 2 is 2.38 bits per heavy atom. The molecule has 16 heavy (non-hydrogen) atoms. The maximum absolute atomic E-state index is 11.5. The summed E-state index contributed by atoms with van der Waals surface area (Å²) in [6.07, 6.45) is 2.07. The number of hydrogen-bond acceptors (Lipinski definition) is 4. The quantitative estimate of drug-likeness (QED) is 0.311. The summed E-state index contributed by atoms with van der Waals surface area (Å²) in [4.78, 5) is 2.58. The largest absolute Gasteiger partial charge is 0.377 e. The smallest absolute Gasteiger partial charge is 0.214 e. The third-order valence-corrected chi connectivity index (χ3v) is 3.70. The molecule has 1 unspecified atom stereocenters. The van der Waals surface area contributed by atoms with Gasteiger partial charge in [-0.1, -0.05) is 5.11 Å². The number of ether oxygens (including phenoxy) is 1. The summed E-state index contributed by atoms with van der Waals surface area (Å²) in [5.41, 5.74) is 8.02. The lowest BCUT2D eigenvalue weighted by atomic mass is 10.3. The molecule has 0 aromatic carbocycles. The standard InChI is InChI=1S/C8H16N4O3S/c9-12-10-4-2-5-11-16(13,14)7-8-3-1-6-15-8/h8,11H,1-7H2. The van der Waals surface area contributed by atoms with E-state index in [4.69, 9.17) is 10.3 Å². The van der Waals surface area contributed by atoms with Crippen LogP contribution in [-0.4, -0.2) is 40.0 Å². The van der Waals surface area contributed by atoms with Crippen molar-refractivity contribution in [2.75, 3.05) is 25.4 Å². The van der Waals surface area contributed by atoms with Crippen LogP contribution in [0, 0.1) is 0 Å². The molecule has 0 aliphatic carbocycles. The molecule has 1 fully saturated rings. The highest BCUT2D eigenvalue weighted by atomic mass is 32.2. The van der Waals surface area contributed by atoms with Crippen molar-refractivity contribution in [1.29, 1.82) is 0 Å². The molecule has 1 aliphatic rings. The maximum atomic E-state index is 11.5. The molecule has 0 saturated carbocycles. The van der Waals surface area contributed by atoms with E-state index in [1.165, 1.54) is 0 Å². The van der Waals surface area contributed by atoms with Crippen LogP contribution in [0.1, 0.15) is 19.3 Å². The molecule has 1 atom stereocenters. The molecular formula is C8H16N4O3S. The van der Waals surface area contributed by atoms with Crippen LogP contribution in [0.2, 0.25) is 0 Å². The molecule has 1 rings (SSSR count). The SMILES string of the molecule is [N-]=[N+]=NCCCNS(=O)(=O)CC1CCCO1. The van der Waals surface area contributed by atoms with Crippen molar-refractivity contribution in [2.45, 2.75) is 25.4 Å². The zero-order valence-electron chi connectivity index (χ0n) is 9.00. The minimum atomic E-state index is -3.26. The van der Waals surface area contributed by atoms with Crippen LogP contribution >= 0.6 is 0 Å². The Balaban J connectivity index is 2.20. The van der Waals surface area contributed by atoms with Gasteiger partial charge in [0.15, 0.2) is 0 Å². The van der Waals surface area contributed by atoms with Crippen molar-refractivity contribution in [3.05, 3.63) is 10.4 Å². The zero-order valence-corrected chi connectivity index (χ0v) is 9.82. The summed E-state index contributed by atoms with van der Waals surface area (Å²) >= 11 is 0. The van der Waals surface area contributed by atoms with E-state index in [0.717, 1.165) is 12.8 Å². The monoisotopic (exact) mass is 248 g/mol. The van der Waals surface area contributed by atoms with Crippen LogP contribution in [0.4, 0.5) is 0 Å². The Morgan fingerprint density at radius 3 is 3.00 bits per heavy atom. The first-order valence-corrected chi connectivity index (χ1v) is 6.89. The van der Waals surface area contributed by atoms with Gasteiger partial charge in [0.05, 0.1) is 11.9 Å². The number of rotatable bonds is 7. The third kappa shape index (κ3) is 5.32. The summed E-state index contributed by atoms with van der Waals surface area (Å²) < 4.78 is 30.8. The van der Waals surface area contributed by atoms with E-state index >= 15 is 0 Å². The molecule has 1 N–H and O–H groups in total. The second kappa shape index (κ2) is 6.70. The highest BCUT2D eigenvalue weighted by Gasteiger charge is 2.22. The fourth-order valence-electron chi connectivity index (χ4n) is 1.50. The summed E-state index contributed by atoms with van der Waals surface area (Å²) in [6.45, 7) is 1.25. The van der Waals surface area contributed by atoms with Crippen LogP contribution in [0.25, 0.3) is 10.4 Å². The van der Waals surface area contributed by atoms with Crippen molar-refractivity contribution in [3.8, 4) is 0 Å². The zero-order chi connectivity index (χ0) is 11.9. The van der Waals surface area contributed by atoms with Crippen molar-refractivity contribution >= 4 is 10.0 Å². The van der Waals surface area contributed by atoms with Gasteiger partial charge < -0.3 is 4.74 Å². The highest BCUT2D eigenvalue weighted by molar-refractivity contribution is 7.89. The molecule has 7 nitrogen and oxygen atoms in total. The fourth-order valence-corrected chi connectivity index (χ4v) is 2.83. The van der Waals surface area contributed by atoms with Crippen LogP contribution in [0.15, 0.2) is 5.11 Å². The number of hydrogen-bond donors (Lipinski definition) is 1. The van der Waals surface area contributed by atoms with Crippen LogP contribution in [0.3, 0.4) is 0 Å². The summed E-state index contributed by atoms with van der Waals surface area (Å²) in [5.74, 6) is 0.0223. The Morgan fingerprint density at radius 1 is 1.56 bits per heavy atom. The predicted molar refractivity (Wildman–Crippen MR) is 59.4 cm³/mol. The number of nitrogens with zero attached hydrogens (tertiary/aromatic N) is 3. The van der Waals surface area contributed by atoms with Gasteiger partial charge in [0.25, 0.3) is 0 Å². The maximum Gasteiger partial charge on any atom is 0.214 e. The summed E-state index contributed by atoms with van der Waals surface area (Å²) in [5, 5.41) is 3.32. The highest BCUT2D eigenvalue weighted by Crippen LogP contribution is 2.13. The Kier molecular flexibility index (Phi) is 5.54. The Bertz CT molecular complexity index is 344. The van der Waals surface area contributed by atoms with E-state index in [0.29, 0.717) is 26.1 Å². The minimum Gasteiger partial charge on any atom is -0.377 e. The number of nitrogens with one attached hydrogen (secondary N) is 1. The molecular weight excluding hydrogens is 232 g/mol. The first-order chi connectivity index (χ1) is 7.64. The van der Waals surface area contributed by atoms with Gasteiger partial charge in [-0.15, -0.1) is 0 Å². The molecule has 92 valence electrons. The van der Waals surface area contributed by atoms with Crippen molar-refractivity contribution in [2.24, 2.45) is 5.11 Å². The van der Waals surface area contributed by atoms with Crippen molar-refractivity contribution < 1.29 is 13.2 Å². The molecule has 8 heteroatoms. The first kappa shape index (κ1) is 13.2. The topological polar surface area (TPSA) is 104 Å². The van der Waals surface area contributed by atoms with Gasteiger partial charge in [-0.05, 0) is 24.8 Å². The van der Waals surface area contributed by atoms with Gasteiger partial charge in [-0.2, -0.15) is 0 Å². The normalized spacial score (nSPS) is 20.6. The third-order valence-electron chi connectivity index (χ3n) is 2.25. The van der Waals surface area contributed by atoms with Crippen LogP contribution in [-0.2, 0) is 14.8 Å². The van der Waals surface area contributed by atoms with Gasteiger partial charge in [0.1, 0.15) is 0 Å². The van der Waals surface area contributed by atoms with E-state index in [1.807, 2.05) is 0 Å². The van der Waals surface area contributed by atoms with E-state index in [2.05, 4.69) is 14.7 Å². The van der Waals surface area contributed by atoms with Gasteiger partial charge in [-0.25, -0.2) is 13.1 Å². The van der Waals surface area contributed by atoms with Crippen molar-refractivity contribution in [1.82, 2.24) is 4.72 Å². The van der Waals surface area contributed by atoms with Crippen molar-refractivity contribution in [3.63, 3.8) is 0 Å². The van der Waals surface area contributed by atoms with Crippen LogP contribution in [0.5, 0.6) is 0 Å².